The largest absolute Gasteiger partial charge is 0.466 e. The summed E-state index contributed by atoms with van der Waals surface area (Å²) in [5, 5.41) is 0. The first-order valence-corrected chi connectivity index (χ1v) is 5.27. The maximum atomic E-state index is 11.2. The highest BCUT2D eigenvalue weighted by Crippen LogP contribution is 2.21. The topological polar surface area (TPSA) is 72.6 Å². The highest BCUT2D eigenvalue weighted by atomic mass is 16.5. The number of hydrogen-bond acceptors (Lipinski definition) is 4. The maximum absolute atomic E-state index is 11.2. The number of nitrogens with zero attached hydrogens (tertiary/aromatic N) is 1. The van der Waals surface area contributed by atoms with Crippen LogP contribution in [0.4, 0.5) is 0 Å². The number of hydrogen-bond donors (Lipinski definition) is 1. The molecule has 2 atom stereocenters. The molecular formula is C10H18N2O3. The van der Waals surface area contributed by atoms with Crippen molar-refractivity contribution in [3.8, 4) is 0 Å². The predicted octanol–water partition coefficient (Wildman–Crippen LogP) is -0.112. The van der Waals surface area contributed by atoms with Crippen LogP contribution in [0.1, 0.15) is 26.7 Å². The van der Waals surface area contributed by atoms with Crippen LogP contribution < -0.4 is 5.73 Å². The van der Waals surface area contributed by atoms with Crippen LogP contribution in [0.2, 0.25) is 0 Å². The van der Waals surface area contributed by atoms with Crippen LogP contribution in [0.5, 0.6) is 0 Å². The fraction of sp³-hybridized carbons (Fsp3) is 0.800. The smallest absolute Gasteiger partial charge is 0.307 e. The second-order valence-corrected chi connectivity index (χ2v) is 3.80. The van der Waals surface area contributed by atoms with Gasteiger partial charge in [0.25, 0.3) is 0 Å². The van der Waals surface area contributed by atoms with Crippen LogP contribution in [0.15, 0.2) is 0 Å². The molecule has 1 rings (SSSR count). The van der Waals surface area contributed by atoms with Gasteiger partial charge in [0, 0.05) is 12.6 Å². The average Bonchev–Trinajstić information content (AvgIpc) is 1.99. The summed E-state index contributed by atoms with van der Waals surface area (Å²) in [5.41, 5.74) is 5.22. The summed E-state index contributed by atoms with van der Waals surface area (Å²) in [5.74, 6) is -0.530. The third-order valence-electron chi connectivity index (χ3n) is 2.72. The Kier molecular flexibility index (Phi) is 4.08. The van der Waals surface area contributed by atoms with Crippen LogP contribution in [-0.2, 0) is 14.3 Å². The van der Waals surface area contributed by atoms with Crippen molar-refractivity contribution in [1.29, 1.82) is 0 Å². The molecule has 0 saturated carbocycles. The summed E-state index contributed by atoms with van der Waals surface area (Å²) < 4.78 is 4.85. The summed E-state index contributed by atoms with van der Waals surface area (Å²) in [6.45, 7) is 4.91. The van der Waals surface area contributed by atoms with Gasteiger partial charge in [0.15, 0.2) is 0 Å². The Morgan fingerprint density at radius 3 is 2.67 bits per heavy atom. The molecule has 2 unspecified atom stereocenters. The molecule has 1 saturated heterocycles. The van der Waals surface area contributed by atoms with Crippen LogP contribution in [0.3, 0.4) is 0 Å². The lowest BCUT2D eigenvalue weighted by molar-refractivity contribution is -0.146. The third-order valence-corrected chi connectivity index (χ3v) is 2.72. The molecular weight excluding hydrogens is 196 g/mol. The molecule has 0 aromatic carbocycles. The van der Waals surface area contributed by atoms with E-state index in [1.54, 1.807) is 6.92 Å². The number of ether oxygens (including phenoxy) is 1. The highest BCUT2D eigenvalue weighted by Gasteiger charge is 2.36. The van der Waals surface area contributed by atoms with Gasteiger partial charge < -0.3 is 10.5 Å². The fourth-order valence-electron chi connectivity index (χ4n) is 1.82. The van der Waals surface area contributed by atoms with Crippen molar-refractivity contribution in [3.63, 3.8) is 0 Å². The third kappa shape index (κ3) is 2.92. The van der Waals surface area contributed by atoms with E-state index in [0.717, 1.165) is 13.0 Å². The maximum Gasteiger partial charge on any atom is 0.307 e. The minimum Gasteiger partial charge on any atom is -0.466 e. The standard InChI is InChI=1S/C10H18N2O3/c1-3-15-9(13)6-7(2)12-5-4-8(12)10(11)14/h7-8H,3-6H2,1-2H3,(H2,11,14). The van der Waals surface area contributed by atoms with E-state index in [0.29, 0.717) is 13.0 Å². The van der Waals surface area contributed by atoms with E-state index < -0.39 is 0 Å². The zero-order valence-electron chi connectivity index (χ0n) is 9.23. The van der Waals surface area contributed by atoms with E-state index in [1.807, 2.05) is 11.8 Å². The van der Waals surface area contributed by atoms with Crippen LogP contribution in [0, 0.1) is 0 Å². The quantitative estimate of drug-likeness (QED) is 0.648. The molecule has 0 spiro atoms. The van der Waals surface area contributed by atoms with Gasteiger partial charge in [-0.15, -0.1) is 0 Å². The Balaban J connectivity index is 2.37. The van der Waals surface area contributed by atoms with Gasteiger partial charge in [-0.2, -0.15) is 0 Å². The van der Waals surface area contributed by atoms with Gasteiger partial charge >= 0.3 is 5.97 Å². The highest BCUT2D eigenvalue weighted by molar-refractivity contribution is 5.81. The molecule has 1 amide bonds. The first-order chi connectivity index (χ1) is 7.06. The minimum absolute atomic E-state index is 0.0234. The zero-order chi connectivity index (χ0) is 11.4. The molecule has 0 aromatic heterocycles. The summed E-state index contributed by atoms with van der Waals surface area (Å²) in [7, 11) is 0. The first kappa shape index (κ1) is 12.0. The molecule has 0 aromatic rings. The summed E-state index contributed by atoms with van der Waals surface area (Å²) >= 11 is 0. The lowest BCUT2D eigenvalue weighted by Gasteiger charge is -2.42. The summed E-state index contributed by atoms with van der Waals surface area (Å²) in [6, 6.07) is -0.176. The molecule has 0 aliphatic carbocycles. The molecule has 0 radical (unpaired) electrons. The van der Waals surface area contributed by atoms with Crippen LogP contribution >= 0.6 is 0 Å². The molecule has 86 valence electrons. The Labute approximate surface area is 89.6 Å². The first-order valence-electron chi connectivity index (χ1n) is 5.27. The summed E-state index contributed by atoms with van der Waals surface area (Å²) in [4.78, 5) is 24.1. The van der Waals surface area contributed by atoms with E-state index in [1.165, 1.54) is 0 Å². The molecule has 1 fully saturated rings. The number of likely N-dealkylation sites (tertiary alicyclic amines) is 1. The fourth-order valence-corrected chi connectivity index (χ4v) is 1.82. The lowest BCUT2D eigenvalue weighted by Crippen LogP contribution is -2.58. The monoisotopic (exact) mass is 214 g/mol. The number of rotatable bonds is 5. The molecule has 1 aliphatic rings. The Morgan fingerprint density at radius 2 is 2.27 bits per heavy atom. The van der Waals surface area contributed by atoms with Crippen molar-refractivity contribution in [3.05, 3.63) is 0 Å². The molecule has 5 heteroatoms. The number of esters is 1. The van der Waals surface area contributed by atoms with Crippen molar-refractivity contribution >= 4 is 11.9 Å². The normalized spacial score (nSPS) is 22.9. The Bertz CT molecular complexity index is 255. The van der Waals surface area contributed by atoms with E-state index >= 15 is 0 Å². The van der Waals surface area contributed by atoms with E-state index in [4.69, 9.17) is 10.5 Å². The van der Waals surface area contributed by atoms with Crippen LogP contribution in [-0.4, -0.2) is 42.0 Å². The molecule has 5 nitrogen and oxygen atoms in total. The van der Waals surface area contributed by atoms with Crippen LogP contribution in [0.25, 0.3) is 0 Å². The van der Waals surface area contributed by atoms with Crippen molar-refractivity contribution in [1.82, 2.24) is 4.90 Å². The Morgan fingerprint density at radius 1 is 1.60 bits per heavy atom. The number of nitrogens with two attached hydrogens (primary N) is 1. The second-order valence-electron chi connectivity index (χ2n) is 3.80. The van der Waals surface area contributed by atoms with Gasteiger partial charge in [-0.1, -0.05) is 0 Å². The number of carbonyl (C=O) groups is 2. The zero-order valence-corrected chi connectivity index (χ0v) is 9.23. The summed E-state index contributed by atoms with van der Waals surface area (Å²) in [6.07, 6.45) is 1.11. The molecule has 1 aliphatic heterocycles. The SMILES string of the molecule is CCOC(=O)CC(C)N1CCC1C(N)=O. The molecule has 2 N–H and O–H groups in total. The van der Waals surface area contributed by atoms with Crippen molar-refractivity contribution in [2.24, 2.45) is 5.73 Å². The van der Waals surface area contributed by atoms with E-state index in [-0.39, 0.29) is 24.0 Å². The van der Waals surface area contributed by atoms with Gasteiger partial charge in [0.1, 0.15) is 0 Å². The van der Waals surface area contributed by atoms with Crippen molar-refractivity contribution in [2.45, 2.75) is 38.8 Å². The average molecular weight is 214 g/mol. The van der Waals surface area contributed by atoms with Crippen molar-refractivity contribution in [2.75, 3.05) is 13.2 Å². The van der Waals surface area contributed by atoms with Gasteiger partial charge in [0.05, 0.1) is 19.1 Å². The lowest BCUT2D eigenvalue weighted by atomic mass is 9.98. The van der Waals surface area contributed by atoms with Crippen molar-refractivity contribution < 1.29 is 14.3 Å². The number of amides is 1. The van der Waals surface area contributed by atoms with Gasteiger partial charge in [-0.25, -0.2) is 0 Å². The Hall–Kier alpha value is -1.10. The second kappa shape index (κ2) is 5.11. The van der Waals surface area contributed by atoms with Gasteiger partial charge in [-0.05, 0) is 20.3 Å². The molecule has 0 bridgehead atoms. The van der Waals surface area contributed by atoms with E-state index in [2.05, 4.69) is 0 Å². The predicted molar refractivity (Wildman–Crippen MR) is 55.0 cm³/mol. The van der Waals surface area contributed by atoms with E-state index in [9.17, 15) is 9.59 Å². The molecule has 15 heavy (non-hydrogen) atoms. The van der Waals surface area contributed by atoms with Gasteiger partial charge in [0.2, 0.25) is 5.91 Å². The van der Waals surface area contributed by atoms with Gasteiger partial charge in [-0.3, -0.25) is 14.5 Å². The number of primary amides is 1. The minimum atomic E-state index is -0.308. The molecule has 1 heterocycles. The number of carbonyl (C=O) groups excluding carboxylic acids is 2.